The van der Waals surface area contributed by atoms with Gasteiger partial charge in [-0.25, -0.2) is 8.78 Å². The van der Waals surface area contributed by atoms with Gasteiger partial charge in [-0.05, 0) is 15.9 Å². The van der Waals surface area contributed by atoms with Crippen molar-refractivity contribution in [3.63, 3.8) is 0 Å². The van der Waals surface area contributed by atoms with E-state index in [9.17, 15) is 8.78 Å². The van der Waals surface area contributed by atoms with E-state index < -0.39 is 6.43 Å². The Morgan fingerprint density at radius 1 is 1.64 bits per heavy atom. The van der Waals surface area contributed by atoms with Gasteiger partial charge in [0.15, 0.2) is 0 Å². The Labute approximate surface area is 87.7 Å². The zero-order valence-corrected chi connectivity index (χ0v) is 8.55. The Morgan fingerprint density at radius 2 is 2.29 bits per heavy atom. The van der Waals surface area contributed by atoms with Gasteiger partial charge in [-0.3, -0.25) is 4.98 Å². The summed E-state index contributed by atoms with van der Waals surface area (Å²) in [5.74, 6) is 0. The van der Waals surface area contributed by atoms with E-state index in [2.05, 4.69) is 20.9 Å². The molecule has 3 nitrogen and oxygen atoms in total. The van der Waals surface area contributed by atoms with Crippen LogP contribution in [0.4, 0.5) is 8.78 Å². The van der Waals surface area contributed by atoms with Crippen LogP contribution in [0.25, 0.3) is 0 Å². The monoisotopic (exact) mass is 261 g/mol. The van der Waals surface area contributed by atoms with E-state index >= 15 is 0 Å². The fraction of sp³-hybridized carbons (Fsp3) is 0.250. The summed E-state index contributed by atoms with van der Waals surface area (Å²) in [6.07, 6.45) is -1.57. The Bertz CT molecular complexity index is 387. The van der Waals surface area contributed by atoms with Gasteiger partial charge in [-0.15, -0.1) is 0 Å². The smallest absolute Gasteiger partial charge is 0.281 e. The Hall–Kier alpha value is -1.06. The van der Waals surface area contributed by atoms with Crippen LogP contribution in [0.2, 0.25) is 0 Å². The zero-order valence-electron chi connectivity index (χ0n) is 6.97. The zero-order chi connectivity index (χ0) is 10.7. The number of pyridine rings is 1. The predicted octanol–water partition coefficient (Wildman–Crippen LogP) is 2.11. The fourth-order valence-corrected chi connectivity index (χ4v) is 1.64. The molecule has 0 aliphatic heterocycles. The van der Waals surface area contributed by atoms with Crippen molar-refractivity contribution in [1.29, 1.82) is 5.26 Å². The van der Waals surface area contributed by atoms with Gasteiger partial charge >= 0.3 is 0 Å². The molecule has 0 radical (unpaired) electrons. The van der Waals surface area contributed by atoms with Crippen LogP contribution in [-0.4, -0.2) is 4.98 Å². The Balaban J connectivity index is 3.37. The van der Waals surface area contributed by atoms with Gasteiger partial charge < -0.3 is 5.73 Å². The summed E-state index contributed by atoms with van der Waals surface area (Å²) in [6, 6.07) is 1.84. The molecule has 0 aromatic carbocycles. The first-order valence-corrected chi connectivity index (χ1v) is 4.46. The van der Waals surface area contributed by atoms with Crippen LogP contribution in [0, 0.1) is 11.3 Å². The van der Waals surface area contributed by atoms with Crippen LogP contribution in [0.5, 0.6) is 0 Å². The molecule has 1 rings (SSSR count). The normalized spacial score (nSPS) is 10.3. The molecule has 2 N–H and O–H groups in total. The third kappa shape index (κ3) is 1.89. The summed E-state index contributed by atoms with van der Waals surface area (Å²) in [7, 11) is 0. The van der Waals surface area contributed by atoms with Gasteiger partial charge in [0.1, 0.15) is 11.8 Å². The summed E-state index contributed by atoms with van der Waals surface area (Å²) >= 11 is 2.96. The fourth-order valence-electron chi connectivity index (χ4n) is 0.990. The standard InChI is InChI=1S/C8H6BrF2N3/c9-6-5(2-13)4(1-12)3-14-7(6)8(10)11/h3,8H,2,13H2. The topological polar surface area (TPSA) is 62.7 Å². The van der Waals surface area contributed by atoms with Crippen LogP contribution in [0.1, 0.15) is 23.2 Å². The van der Waals surface area contributed by atoms with Crippen molar-refractivity contribution >= 4 is 15.9 Å². The van der Waals surface area contributed by atoms with E-state index in [-0.39, 0.29) is 22.3 Å². The minimum Gasteiger partial charge on any atom is -0.326 e. The lowest BCUT2D eigenvalue weighted by atomic mass is 10.1. The lowest BCUT2D eigenvalue weighted by Gasteiger charge is -2.07. The van der Waals surface area contributed by atoms with Crippen molar-refractivity contribution in [2.24, 2.45) is 5.73 Å². The van der Waals surface area contributed by atoms with E-state index in [4.69, 9.17) is 11.0 Å². The van der Waals surface area contributed by atoms with Gasteiger partial charge in [0.25, 0.3) is 6.43 Å². The molecule has 0 atom stereocenters. The lowest BCUT2D eigenvalue weighted by Crippen LogP contribution is -2.05. The van der Waals surface area contributed by atoms with E-state index in [1.54, 1.807) is 0 Å². The van der Waals surface area contributed by atoms with Crippen molar-refractivity contribution in [3.05, 3.63) is 27.5 Å². The Morgan fingerprint density at radius 3 is 2.71 bits per heavy atom. The van der Waals surface area contributed by atoms with Crippen molar-refractivity contribution in [2.45, 2.75) is 13.0 Å². The summed E-state index contributed by atoms with van der Waals surface area (Å²) in [5, 5.41) is 8.65. The van der Waals surface area contributed by atoms with Crippen molar-refractivity contribution in [2.75, 3.05) is 0 Å². The Kier molecular flexibility index (Phi) is 3.49. The molecule has 0 saturated carbocycles. The summed E-state index contributed by atoms with van der Waals surface area (Å²) in [6.45, 7) is 0.0196. The second-order valence-electron chi connectivity index (χ2n) is 2.47. The molecular weight excluding hydrogens is 256 g/mol. The number of nitrogens with two attached hydrogens (primary N) is 1. The van der Waals surface area contributed by atoms with Gasteiger partial charge in [0, 0.05) is 18.3 Å². The van der Waals surface area contributed by atoms with Gasteiger partial charge in [-0.2, -0.15) is 5.26 Å². The first-order valence-electron chi connectivity index (χ1n) is 3.67. The second-order valence-corrected chi connectivity index (χ2v) is 3.26. The third-order valence-corrected chi connectivity index (χ3v) is 2.56. The highest BCUT2D eigenvalue weighted by Gasteiger charge is 2.18. The number of alkyl halides is 2. The van der Waals surface area contributed by atoms with Gasteiger partial charge in [-0.1, -0.05) is 0 Å². The van der Waals surface area contributed by atoms with E-state index in [0.29, 0.717) is 5.56 Å². The van der Waals surface area contributed by atoms with Gasteiger partial charge in [0.05, 0.1) is 10.0 Å². The van der Waals surface area contributed by atoms with Crippen molar-refractivity contribution in [1.82, 2.24) is 4.98 Å². The molecule has 0 amide bonds. The highest BCUT2D eigenvalue weighted by molar-refractivity contribution is 9.10. The van der Waals surface area contributed by atoms with Crippen molar-refractivity contribution < 1.29 is 8.78 Å². The number of hydrogen-bond donors (Lipinski definition) is 1. The summed E-state index contributed by atoms with van der Waals surface area (Å²) in [5.41, 5.74) is 5.53. The molecule has 1 aromatic heterocycles. The van der Waals surface area contributed by atoms with Crippen LogP contribution in [0.15, 0.2) is 10.7 Å². The highest BCUT2D eigenvalue weighted by Crippen LogP contribution is 2.29. The second kappa shape index (κ2) is 4.44. The number of aromatic nitrogens is 1. The van der Waals surface area contributed by atoms with Crippen LogP contribution >= 0.6 is 15.9 Å². The number of halogens is 3. The molecule has 0 fully saturated rings. The summed E-state index contributed by atoms with van der Waals surface area (Å²) < 4.78 is 24.8. The minimum atomic E-state index is -2.68. The van der Waals surface area contributed by atoms with E-state index in [0.717, 1.165) is 6.20 Å². The molecule has 14 heavy (non-hydrogen) atoms. The van der Waals surface area contributed by atoms with Crippen LogP contribution < -0.4 is 5.73 Å². The molecule has 0 aliphatic carbocycles. The molecule has 1 heterocycles. The average molecular weight is 262 g/mol. The molecule has 74 valence electrons. The first kappa shape index (κ1) is 11.0. The molecule has 0 spiro atoms. The number of nitrogens with zero attached hydrogens (tertiary/aromatic N) is 2. The molecule has 1 aromatic rings. The van der Waals surface area contributed by atoms with Crippen LogP contribution in [-0.2, 0) is 6.54 Å². The molecule has 0 saturated heterocycles. The number of nitriles is 1. The largest absolute Gasteiger partial charge is 0.326 e. The van der Waals surface area contributed by atoms with E-state index in [1.165, 1.54) is 0 Å². The number of rotatable bonds is 2. The average Bonchev–Trinajstić information content (AvgIpc) is 2.16. The minimum absolute atomic E-state index is 0.0196. The summed E-state index contributed by atoms with van der Waals surface area (Å²) in [4.78, 5) is 3.48. The maximum absolute atomic E-state index is 12.4. The maximum atomic E-state index is 12.4. The molecule has 0 aliphatic rings. The van der Waals surface area contributed by atoms with Gasteiger partial charge in [0.2, 0.25) is 0 Å². The first-order chi connectivity index (χ1) is 6.61. The maximum Gasteiger partial charge on any atom is 0.281 e. The SMILES string of the molecule is N#Cc1cnc(C(F)F)c(Br)c1CN. The van der Waals surface area contributed by atoms with E-state index in [1.807, 2.05) is 6.07 Å². The van der Waals surface area contributed by atoms with Crippen molar-refractivity contribution in [3.8, 4) is 6.07 Å². The number of hydrogen-bond acceptors (Lipinski definition) is 3. The third-order valence-electron chi connectivity index (χ3n) is 1.68. The molecule has 0 bridgehead atoms. The quantitative estimate of drug-likeness (QED) is 0.887. The molecule has 6 heteroatoms. The molecular formula is C8H6BrF2N3. The lowest BCUT2D eigenvalue weighted by molar-refractivity contribution is 0.145. The highest BCUT2D eigenvalue weighted by atomic mass is 79.9. The predicted molar refractivity (Wildman–Crippen MR) is 49.5 cm³/mol. The van der Waals surface area contributed by atoms with Crippen LogP contribution in [0.3, 0.4) is 0 Å². The molecule has 0 unspecified atom stereocenters.